The molecule has 0 saturated carbocycles. The molecule has 3 rings (SSSR count). The average molecular weight is 337 g/mol. The van der Waals surface area contributed by atoms with E-state index in [-0.39, 0.29) is 11.8 Å². The molecule has 1 fully saturated rings. The summed E-state index contributed by atoms with van der Waals surface area (Å²) in [5, 5.41) is 13.4. The quantitative estimate of drug-likeness (QED) is 0.932. The Bertz CT molecular complexity index is 617. The lowest BCUT2D eigenvalue weighted by molar-refractivity contribution is -0.125. The van der Waals surface area contributed by atoms with Gasteiger partial charge in [0, 0.05) is 18.0 Å². The number of carbonyl (C=O) groups excluding carboxylic acids is 1. The van der Waals surface area contributed by atoms with Gasteiger partial charge in [-0.1, -0.05) is 17.7 Å². The smallest absolute Gasteiger partial charge is 0.225 e. The maximum atomic E-state index is 12.3. The molecule has 116 valence electrons. The first-order valence-electron chi connectivity index (χ1n) is 7.26. The van der Waals surface area contributed by atoms with Crippen LogP contribution in [0.1, 0.15) is 17.7 Å². The first-order valence-corrected chi connectivity index (χ1v) is 8.52. The lowest BCUT2D eigenvalue weighted by Gasteiger charge is -2.32. The molecule has 0 radical (unpaired) electrons. The van der Waals surface area contributed by atoms with Crippen LogP contribution in [-0.4, -0.2) is 29.2 Å². The molecule has 1 amide bonds. The molecule has 0 spiro atoms. The van der Waals surface area contributed by atoms with E-state index in [0.717, 1.165) is 25.2 Å². The molecule has 7 heteroatoms. The Labute approximate surface area is 138 Å². The first-order chi connectivity index (χ1) is 10.7. The number of aromatic nitrogens is 2. The van der Waals surface area contributed by atoms with E-state index in [0.29, 0.717) is 18.2 Å². The van der Waals surface area contributed by atoms with Crippen LogP contribution in [0.25, 0.3) is 0 Å². The Kier molecular flexibility index (Phi) is 4.90. The second kappa shape index (κ2) is 7.07. The normalized spacial score (nSPS) is 18.2. The van der Waals surface area contributed by atoms with E-state index in [1.54, 1.807) is 17.4 Å². The number of halogens is 1. The highest BCUT2D eigenvalue weighted by atomic mass is 35.5. The predicted octanol–water partition coefficient (Wildman–Crippen LogP) is 2.72. The molecule has 22 heavy (non-hydrogen) atoms. The number of nitrogens with one attached hydrogen (secondary N) is 1. The van der Waals surface area contributed by atoms with Crippen LogP contribution in [0.15, 0.2) is 29.6 Å². The number of nitrogens with zero attached hydrogens (tertiary/aromatic N) is 3. The number of hydrogen-bond acceptors (Lipinski definition) is 5. The zero-order valence-electron chi connectivity index (χ0n) is 12.0. The summed E-state index contributed by atoms with van der Waals surface area (Å²) < 4.78 is 0. The third kappa shape index (κ3) is 3.75. The van der Waals surface area contributed by atoms with Gasteiger partial charge in [-0.15, -0.1) is 21.5 Å². The number of rotatable bonds is 4. The summed E-state index contributed by atoms with van der Waals surface area (Å²) in [4.78, 5) is 15.6. The van der Waals surface area contributed by atoms with Crippen molar-refractivity contribution in [2.24, 2.45) is 5.92 Å². The summed E-state index contributed by atoms with van der Waals surface area (Å²) in [6, 6.07) is 7.60. The summed E-state index contributed by atoms with van der Waals surface area (Å²) >= 11 is 7.42. The molecule has 0 bridgehead atoms. The van der Waals surface area contributed by atoms with Crippen molar-refractivity contribution in [1.82, 2.24) is 15.5 Å². The maximum Gasteiger partial charge on any atom is 0.225 e. The molecule has 1 unspecified atom stereocenters. The van der Waals surface area contributed by atoms with Crippen molar-refractivity contribution < 1.29 is 4.79 Å². The minimum absolute atomic E-state index is 0.00816. The Morgan fingerprint density at radius 3 is 3.05 bits per heavy atom. The number of amides is 1. The van der Waals surface area contributed by atoms with Crippen molar-refractivity contribution in [3.05, 3.63) is 39.7 Å². The number of hydrogen-bond donors (Lipinski definition) is 1. The second-order valence-electron chi connectivity index (χ2n) is 5.30. The van der Waals surface area contributed by atoms with Crippen molar-refractivity contribution >= 4 is 34.7 Å². The lowest BCUT2D eigenvalue weighted by Crippen LogP contribution is -2.43. The van der Waals surface area contributed by atoms with Crippen molar-refractivity contribution in [3.63, 3.8) is 0 Å². The average Bonchev–Trinajstić information content (AvgIpc) is 3.07. The molecule has 1 aliphatic rings. The molecule has 1 N–H and O–H groups in total. The fraction of sp³-hybridized carbons (Fsp3) is 0.400. The molecule has 1 atom stereocenters. The van der Waals surface area contributed by atoms with Crippen LogP contribution in [0.4, 0.5) is 5.82 Å². The van der Waals surface area contributed by atoms with E-state index in [4.69, 9.17) is 11.6 Å². The fourth-order valence-electron chi connectivity index (χ4n) is 2.61. The van der Waals surface area contributed by atoms with Gasteiger partial charge in [-0.3, -0.25) is 4.79 Å². The maximum absolute atomic E-state index is 12.3. The third-order valence-corrected chi connectivity index (χ3v) is 4.83. The number of piperidine rings is 1. The number of anilines is 1. The monoisotopic (exact) mass is 336 g/mol. The summed E-state index contributed by atoms with van der Waals surface area (Å²) in [6.45, 7) is 2.17. The number of carbonyl (C=O) groups is 1. The Balaban J connectivity index is 1.57. The van der Waals surface area contributed by atoms with Crippen LogP contribution in [0.3, 0.4) is 0 Å². The van der Waals surface area contributed by atoms with Crippen molar-refractivity contribution in [2.45, 2.75) is 19.4 Å². The van der Waals surface area contributed by atoms with Crippen molar-refractivity contribution in [1.29, 1.82) is 0 Å². The highest BCUT2D eigenvalue weighted by Crippen LogP contribution is 2.22. The predicted molar refractivity (Wildman–Crippen MR) is 88.1 cm³/mol. The standard InChI is InChI=1S/C15H17ClN4OS/c16-13-5-6-14(19-18-13)20-7-1-3-11(10-20)15(21)17-9-12-4-2-8-22-12/h2,4-6,8,11H,1,3,7,9-10H2,(H,17,21). The van der Waals surface area contributed by atoms with Gasteiger partial charge in [-0.25, -0.2) is 0 Å². The molecular formula is C15H17ClN4OS. The van der Waals surface area contributed by atoms with Gasteiger partial charge in [0.1, 0.15) is 0 Å². The van der Waals surface area contributed by atoms with Crippen LogP contribution in [0.2, 0.25) is 5.15 Å². The largest absolute Gasteiger partial charge is 0.354 e. The highest BCUT2D eigenvalue weighted by molar-refractivity contribution is 7.09. The lowest BCUT2D eigenvalue weighted by atomic mass is 9.97. The van der Waals surface area contributed by atoms with E-state index in [1.165, 1.54) is 4.88 Å². The fourth-order valence-corrected chi connectivity index (χ4v) is 3.35. The molecule has 5 nitrogen and oxygen atoms in total. The van der Waals surface area contributed by atoms with Crippen LogP contribution in [-0.2, 0) is 11.3 Å². The van der Waals surface area contributed by atoms with Gasteiger partial charge < -0.3 is 10.2 Å². The Morgan fingerprint density at radius 2 is 2.32 bits per heavy atom. The van der Waals surface area contributed by atoms with E-state index >= 15 is 0 Å². The highest BCUT2D eigenvalue weighted by Gasteiger charge is 2.26. The zero-order chi connectivity index (χ0) is 15.4. The van der Waals surface area contributed by atoms with Crippen molar-refractivity contribution in [2.75, 3.05) is 18.0 Å². The van der Waals surface area contributed by atoms with Crippen molar-refractivity contribution in [3.8, 4) is 0 Å². The van der Waals surface area contributed by atoms with Gasteiger partial charge >= 0.3 is 0 Å². The van der Waals surface area contributed by atoms with Gasteiger partial charge in [0.05, 0.1) is 12.5 Å². The van der Waals surface area contributed by atoms with Gasteiger partial charge in [-0.05, 0) is 36.4 Å². The minimum atomic E-state index is -0.00816. The van der Waals surface area contributed by atoms with Gasteiger partial charge in [0.2, 0.25) is 5.91 Å². The first kappa shape index (κ1) is 15.2. The summed E-state index contributed by atoms with van der Waals surface area (Å²) in [6.07, 6.45) is 1.88. The summed E-state index contributed by atoms with van der Waals surface area (Å²) in [5.74, 6) is 0.881. The molecule has 0 aromatic carbocycles. The van der Waals surface area contributed by atoms with Crippen LogP contribution < -0.4 is 10.2 Å². The second-order valence-corrected chi connectivity index (χ2v) is 6.72. The molecule has 3 heterocycles. The Morgan fingerprint density at radius 1 is 1.41 bits per heavy atom. The van der Waals surface area contributed by atoms with E-state index < -0.39 is 0 Å². The van der Waals surface area contributed by atoms with E-state index in [2.05, 4.69) is 20.4 Å². The van der Waals surface area contributed by atoms with Gasteiger partial charge in [-0.2, -0.15) is 0 Å². The van der Waals surface area contributed by atoms with E-state index in [9.17, 15) is 4.79 Å². The van der Waals surface area contributed by atoms with Gasteiger partial charge in [0.25, 0.3) is 0 Å². The molecule has 0 aliphatic carbocycles. The van der Waals surface area contributed by atoms with E-state index in [1.807, 2.05) is 23.6 Å². The zero-order valence-corrected chi connectivity index (χ0v) is 13.6. The van der Waals surface area contributed by atoms with Gasteiger partial charge in [0.15, 0.2) is 11.0 Å². The Hall–Kier alpha value is -1.66. The molecule has 2 aromatic heterocycles. The summed E-state index contributed by atoms with van der Waals surface area (Å²) in [7, 11) is 0. The SMILES string of the molecule is O=C(NCc1cccs1)C1CCCN(c2ccc(Cl)nn2)C1. The molecule has 1 aliphatic heterocycles. The third-order valence-electron chi connectivity index (χ3n) is 3.75. The minimum Gasteiger partial charge on any atom is -0.354 e. The molecule has 2 aromatic rings. The molecule has 1 saturated heterocycles. The molecular weight excluding hydrogens is 320 g/mol. The van der Waals surface area contributed by atoms with Crippen LogP contribution in [0, 0.1) is 5.92 Å². The summed E-state index contributed by atoms with van der Waals surface area (Å²) in [5.41, 5.74) is 0. The number of thiophene rings is 1. The van der Waals surface area contributed by atoms with Crippen LogP contribution >= 0.6 is 22.9 Å². The van der Waals surface area contributed by atoms with Crippen LogP contribution in [0.5, 0.6) is 0 Å². The topological polar surface area (TPSA) is 58.1 Å².